The fraction of sp³-hybridized carbons (Fsp3) is 0.538. The number of esters is 1. The third kappa shape index (κ3) is 7.30. The minimum absolute atomic E-state index is 0.249. The number of hydrogen-bond acceptors (Lipinski definition) is 3. The Hall–Kier alpha value is -2.16. The van der Waals surface area contributed by atoms with E-state index in [2.05, 4.69) is 57.8 Å². The summed E-state index contributed by atoms with van der Waals surface area (Å²) in [5.41, 5.74) is 5.74. The lowest BCUT2D eigenvalue weighted by Gasteiger charge is -2.32. The summed E-state index contributed by atoms with van der Waals surface area (Å²) in [7, 11) is 0. The Labute approximate surface area is 177 Å². The molecule has 1 aromatic heterocycles. The number of nitrogens with zero attached hydrogens (tertiary/aromatic N) is 1. The molecule has 0 N–H and O–H groups in total. The van der Waals surface area contributed by atoms with Crippen LogP contribution >= 0.6 is 0 Å². The first-order chi connectivity index (χ1) is 13.8. The topological polar surface area (TPSA) is 39.2 Å². The van der Waals surface area contributed by atoms with Gasteiger partial charge >= 0.3 is 5.97 Å². The third-order valence-corrected chi connectivity index (χ3v) is 5.68. The van der Waals surface area contributed by atoms with Crippen LogP contribution in [-0.4, -0.2) is 17.6 Å². The summed E-state index contributed by atoms with van der Waals surface area (Å²) in [6.07, 6.45) is 16.4. The molecule has 1 heterocycles. The summed E-state index contributed by atoms with van der Waals surface area (Å²) >= 11 is 0. The number of hydrogen-bond donors (Lipinski definition) is 0. The smallest absolute Gasteiger partial charge is 0.356 e. The molecule has 0 aromatic carbocycles. The second-order valence-corrected chi connectivity index (χ2v) is 8.83. The quantitative estimate of drug-likeness (QED) is 0.250. The van der Waals surface area contributed by atoms with Gasteiger partial charge in [0.05, 0.1) is 6.61 Å². The van der Waals surface area contributed by atoms with Gasteiger partial charge in [0.2, 0.25) is 0 Å². The zero-order valence-corrected chi connectivity index (χ0v) is 18.9. The summed E-state index contributed by atoms with van der Waals surface area (Å²) in [4.78, 5) is 16.3. The maximum Gasteiger partial charge on any atom is 0.356 e. The van der Waals surface area contributed by atoms with Crippen molar-refractivity contribution in [2.24, 2.45) is 5.41 Å². The lowest BCUT2D eigenvalue weighted by atomic mass is 9.72. The van der Waals surface area contributed by atoms with Gasteiger partial charge in [0, 0.05) is 6.20 Å². The molecule has 0 aliphatic heterocycles. The van der Waals surface area contributed by atoms with Crippen molar-refractivity contribution in [3.63, 3.8) is 0 Å². The molecule has 0 radical (unpaired) electrons. The fourth-order valence-electron chi connectivity index (χ4n) is 3.92. The first-order valence-corrected chi connectivity index (χ1v) is 11.0. The molecular weight excluding hydrogens is 358 g/mol. The van der Waals surface area contributed by atoms with E-state index in [1.165, 1.54) is 48.8 Å². The van der Waals surface area contributed by atoms with Gasteiger partial charge in [-0.15, -0.1) is 0 Å². The molecule has 0 unspecified atom stereocenters. The highest BCUT2D eigenvalue weighted by atomic mass is 16.5. The molecule has 1 aliphatic carbocycles. The second kappa shape index (κ2) is 11.1. The van der Waals surface area contributed by atoms with Crippen molar-refractivity contribution in [1.29, 1.82) is 0 Å². The number of carbonyl (C=O) groups excluding carboxylic acids is 1. The van der Waals surface area contributed by atoms with Crippen molar-refractivity contribution in [2.45, 2.75) is 79.6 Å². The number of pyridine rings is 1. The zero-order valence-electron chi connectivity index (χ0n) is 18.9. The van der Waals surface area contributed by atoms with Gasteiger partial charge < -0.3 is 4.74 Å². The number of carbonyl (C=O) groups is 1. The molecule has 0 atom stereocenters. The van der Waals surface area contributed by atoms with Gasteiger partial charge in [-0.1, -0.05) is 75.5 Å². The molecule has 1 aromatic rings. The van der Waals surface area contributed by atoms with Crippen LogP contribution in [0.1, 0.15) is 95.6 Å². The first-order valence-electron chi connectivity index (χ1n) is 11.0. The number of ether oxygens (including phenoxy) is 1. The molecular formula is C26H37NO2. The standard InChI is InChI=1S/C26H37NO2/c1-6-7-8-9-17-29-25(28)24-15-13-22(19-27-24)18-20(2)12-14-23-21(3)11-10-16-26(23,4)5/h12-15,18-19H,6-11,16-17H2,1-5H3/b14-12+,20-18+. The van der Waals surface area contributed by atoms with Crippen molar-refractivity contribution < 1.29 is 9.53 Å². The average Bonchev–Trinajstić information content (AvgIpc) is 2.67. The first kappa shape index (κ1) is 23.1. The monoisotopic (exact) mass is 395 g/mol. The Morgan fingerprint density at radius 2 is 2.03 bits per heavy atom. The molecule has 0 amide bonds. The van der Waals surface area contributed by atoms with Crippen LogP contribution in [0.5, 0.6) is 0 Å². The maximum atomic E-state index is 12.1. The van der Waals surface area contributed by atoms with Crippen LogP contribution < -0.4 is 0 Å². The van der Waals surface area contributed by atoms with Crippen molar-refractivity contribution in [2.75, 3.05) is 6.61 Å². The third-order valence-electron chi connectivity index (χ3n) is 5.68. The van der Waals surface area contributed by atoms with Crippen molar-refractivity contribution in [3.05, 3.63) is 58.5 Å². The summed E-state index contributed by atoms with van der Waals surface area (Å²) in [5.74, 6) is -0.337. The molecule has 0 saturated carbocycles. The number of aromatic nitrogens is 1. The molecule has 3 heteroatoms. The van der Waals surface area contributed by atoms with E-state index in [0.29, 0.717) is 12.3 Å². The van der Waals surface area contributed by atoms with Gasteiger partial charge in [0.1, 0.15) is 5.69 Å². The lowest BCUT2D eigenvalue weighted by molar-refractivity contribution is 0.0491. The van der Waals surface area contributed by atoms with E-state index in [0.717, 1.165) is 18.4 Å². The van der Waals surface area contributed by atoms with E-state index < -0.39 is 0 Å². The van der Waals surface area contributed by atoms with E-state index >= 15 is 0 Å². The van der Waals surface area contributed by atoms with E-state index in [4.69, 9.17) is 4.74 Å². The predicted molar refractivity (Wildman–Crippen MR) is 122 cm³/mol. The predicted octanol–water partition coefficient (Wildman–Crippen LogP) is 7.30. The minimum atomic E-state index is -0.337. The highest BCUT2D eigenvalue weighted by Gasteiger charge is 2.26. The molecule has 0 bridgehead atoms. The molecule has 0 spiro atoms. The Morgan fingerprint density at radius 3 is 2.69 bits per heavy atom. The fourth-order valence-corrected chi connectivity index (χ4v) is 3.92. The van der Waals surface area contributed by atoms with Crippen LogP contribution in [0.2, 0.25) is 0 Å². The minimum Gasteiger partial charge on any atom is -0.461 e. The summed E-state index contributed by atoms with van der Waals surface area (Å²) in [5, 5.41) is 0. The van der Waals surface area contributed by atoms with E-state index in [9.17, 15) is 4.79 Å². The van der Waals surface area contributed by atoms with Crippen molar-refractivity contribution in [1.82, 2.24) is 4.98 Å². The molecule has 2 rings (SSSR count). The molecule has 158 valence electrons. The van der Waals surface area contributed by atoms with Crippen LogP contribution in [0.3, 0.4) is 0 Å². The van der Waals surface area contributed by atoms with E-state index in [-0.39, 0.29) is 11.4 Å². The van der Waals surface area contributed by atoms with Gasteiger partial charge in [-0.3, -0.25) is 0 Å². The molecule has 1 aliphatic rings. The van der Waals surface area contributed by atoms with Gasteiger partial charge in [-0.25, -0.2) is 9.78 Å². The zero-order chi connectivity index (χ0) is 21.3. The molecule has 29 heavy (non-hydrogen) atoms. The molecule has 0 saturated heterocycles. The van der Waals surface area contributed by atoms with Crippen LogP contribution in [0.4, 0.5) is 0 Å². The van der Waals surface area contributed by atoms with Crippen LogP contribution in [0, 0.1) is 5.41 Å². The summed E-state index contributed by atoms with van der Waals surface area (Å²) in [6, 6.07) is 3.67. The lowest BCUT2D eigenvalue weighted by Crippen LogP contribution is -2.19. The number of rotatable bonds is 9. The average molecular weight is 396 g/mol. The van der Waals surface area contributed by atoms with Crippen molar-refractivity contribution >= 4 is 12.0 Å². The van der Waals surface area contributed by atoms with Gasteiger partial charge in [-0.05, 0) is 62.1 Å². The van der Waals surface area contributed by atoms with Gasteiger partial charge in [-0.2, -0.15) is 0 Å². The number of allylic oxidation sites excluding steroid dienone is 5. The summed E-state index contributed by atoms with van der Waals surface area (Å²) in [6.45, 7) is 11.7. The Kier molecular flexibility index (Phi) is 8.88. The Morgan fingerprint density at radius 1 is 1.24 bits per heavy atom. The Bertz CT molecular complexity index is 766. The highest BCUT2D eigenvalue weighted by Crippen LogP contribution is 2.40. The molecule has 3 nitrogen and oxygen atoms in total. The largest absolute Gasteiger partial charge is 0.461 e. The van der Waals surface area contributed by atoms with Crippen molar-refractivity contribution in [3.8, 4) is 0 Å². The van der Waals surface area contributed by atoms with Gasteiger partial charge in [0.15, 0.2) is 0 Å². The summed E-state index contributed by atoms with van der Waals surface area (Å²) < 4.78 is 5.30. The van der Waals surface area contributed by atoms with E-state index in [1.807, 2.05) is 6.07 Å². The number of unbranched alkanes of at least 4 members (excludes halogenated alkanes) is 3. The normalized spacial score (nSPS) is 17.1. The second-order valence-electron chi connectivity index (χ2n) is 8.83. The maximum absolute atomic E-state index is 12.1. The Balaban J connectivity index is 1.95. The van der Waals surface area contributed by atoms with Crippen LogP contribution in [-0.2, 0) is 4.74 Å². The molecule has 0 fully saturated rings. The van der Waals surface area contributed by atoms with E-state index in [1.54, 1.807) is 12.3 Å². The SMILES string of the molecule is CCCCCCOC(=O)c1ccc(/C=C(C)/C=C/C2=C(C)CCCC2(C)C)cn1. The van der Waals surface area contributed by atoms with Gasteiger partial charge in [0.25, 0.3) is 0 Å². The van der Waals surface area contributed by atoms with Crippen LogP contribution in [0.15, 0.2) is 47.2 Å². The highest BCUT2D eigenvalue weighted by molar-refractivity contribution is 5.87. The van der Waals surface area contributed by atoms with Crippen LogP contribution in [0.25, 0.3) is 6.08 Å².